The van der Waals surface area contributed by atoms with E-state index >= 15 is 0 Å². The van der Waals surface area contributed by atoms with Crippen molar-refractivity contribution in [2.45, 2.75) is 129 Å². The Morgan fingerprint density at radius 3 is 1.64 bits per heavy atom. The Labute approximate surface area is 176 Å². The van der Waals surface area contributed by atoms with Gasteiger partial charge in [-0.15, -0.1) is 0 Å². The van der Waals surface area contributed by atoms with E-state index in [4.69, 9.17) is 0 Å². The Balaban J connectivity index is 1.29. The van der Waals surface area contributed by atoms with Crippen LogP contribution in [0.5, 0.6) is 0 Å². The van der Waals surface area contributed by atoms with Gasteiger partial charge < -0.3 is 0 Å². The molecular formula is C28H46. The molecule has 0 amide bonds. The van der Waals surface area contributed by atoms with Gasteiger partial charge in [-0.05, 0) is 36.0 Å². The number of unbranched alkanes of at least 4 members (excludes halogenated alkanes) is 16. The third kappa shape index (κ3) is 10.5. The summed E-state index contributed by atoms with van der Waals surface area (Å²) < 4.78 is 0. The van der Waals surface area contributed by atoms with Crippen LogP contribution in [0.2, 0.25) is 0 Å². The number of fused-ring (bicyclic) bond motifs is 1. The van der Waals surface area contributed by atoms with Gasteiger partial charge >= 0.3 is 0 Å². The van der Waals surface area contributed by atoms with Gasteiger partial charge in [0.05, 0.1) is 0 Å². The Bertz CT molecular complexity index is 525. The fraction of sp³-hybridized carbons (Fsp3) is 0.714. The molecule has 0 aliphatic heterocycles. The highest BCUT2D eigenvalue weighted by Crippen LogP contribution is 2.22. The second kappa shape index (κ2) is 15.8. The first kappa shape index (κ1) is 23.2. The molecule has 0 unspecified atom stereocenters. The van der Waals surface area contributed by atoms with Crippen LogP contribution < -0.4 is 0 Å². The van der Waals surface area contributed by atoms with Crippen LogP contribution in [0.1, 0.15) is 133 Å². The van der Waals surface area contributed by atoms with Gasteiger partial charge in [0.1, 0.15) is 0 Å². The van der Waals surface area contributed by atoms with Gasteiger partial charge in [-0.1, -0.05) is 140 Å². The molecule has 0 spiro atoms. The zero-order valence-corrected chi connectivity index (χ0v) is 18.8. The summed E-state index contributed by atoms with van der Waals surface area (Å²) in [6, 6.07) is 7.07. The molecule has 0 atom stereocenters. The molecule has 0 heterocycles. The maximum Gasteiger partial charge on any atom is -0.00881 e. The summed E-state index contributed by atoms with van der Waals surface area (Å²) in [5, 5.41) is 0. The van der Waals surface area contributed by atoms with Crippen LogP contribution in [0, 0.1) is 0 Å². The lowest BCUT2D eigenvalue weighted by molar-refractivity contribution is 0.527. The van der Waals surface area contributed by atoms with Crippen LogP contribution in [-0.4, -0.2) is 0 Å². The van der Waals surface area contributed by atoms with Crippen molar-refractivity contribution in [2.24, 2.45) is 0 Å². The Hall–Kier alpha value is -1.04. The second-order valence-corrected chi connectivity index (χ2v) is 9.05. The molecule has 2 rings (SSSR count). The first-order chi connectivity index (χ1) is 13.9. The molecular weight excluding hydrogens is 336 g/mol. The van der Waals surface area contributed by atoms with E-state index in [9.17, 15) is 0 Å². The second-order valence-electron chi connectivity index (χ2n) is 9.05. The number of hydrogen-bond acceptors (Lipinski definition) is 0. The zero-order valence-electron chi connectivity index (χ0n) is 18.8. The van der Waals surface area contributed by atoms with Crippen LogP contribution in [0.4, 0.5) is 0 Å². The number of benzene rings is 1. The Morgan fingerprint density at radius 1 is 0.607 bits per heavy atom. The topological polar surface area (TPSA) is 0 Å². The standard InChI is InChI=1S/C28H46/c1-2-3-4-5-6-7-8-9-10-11-12-13-14-15-16-17-18-20-26-23-24-27-21-19-22-28(27)25-26/h19,21,23-25H,2-18,20,22H2,1H3. The van der Waals surface area contributed by atoms with E-state index in [1.165, 1.54) is 127 Å². The van der Waals surface area contributed by atoms with E-state index in [1.807, 2.05) is 0 Å². The molecule has 0 bridgehead atoms. The average Bonchev–Trinajstić information content (AvgIpc) is 3.18. The van der Waals surface area contributed by atoms with E-state index in [0.717, 1.165) is 6.42 Å². The van der Waals surface area contributed by atoms with Crippen LogP contribution in [0.3, 0.4) is 0 Å². The van der Waals surface area contributed by atoms with Crippen LogP contribution in [-0.2, 0) is 12.8 Å². The number of aryl methyl sites for hydroxylation is 1. The summed E-state index contributed by atoms with van der Waals surface area (Å²) in [5.74, 6) is 0. The summed E-state index contributed by atoms with van der Waals surface area (Å²) >= 11 is 0. The minimum absolute atomic E-state index is 1.14. The Morgan fingerprint density at radius 2 is 1.11 bits per heavy atom. The molecule has 0 saturated carbocycles. The van der Waals surface area contributed by atoms with Crippen molar-refractivity contribution in [1.82, 2.24) is 0 Å². The van der Waals surface area contributed by atoms with E-state index in [-0.39, 0.29) is 0 Å². The number of rotatable bonds is 18. The largest absolute Gasteiger partial charge is 0.0795 e. The van der Waals surface area contributed by atoms with Gasteiger partial charge in [0.15, 0.2) is 0 Å². The summed E-state index contributed by atoms with van der Waals surface area (Å²) in [6.45, 7) is 2.30. The molecule has 0 aromatic heterocycles. The van der Waals surface area contributed by atoms with Crippen molar-refractivity contribution in [3.8, 4) is 0 Å². The molecule has 28 heavy (non-hydrogen) atoms. The lowest BCUT2D eigenvalue weighted by atomic mass is 10.0. The van der Waals surface area contributed by atoms with Crippen LogP contribution in [0.25, 0.3) is 6.08 Å². The molecule has 0 heteroatoms. The smallest absolute Gasteiger partial charge is 0.00881 e. The van der Waals surface area contributed by atoms with Crippen LogP contribution >= 0.6 is 0 Å². The third-order valence-corrected chi connectivity index (χ3v) is 6.41. The van der Waals surface area contributed by atoms with Gasteiger partial charge in [-0.25, -0.2) is 0 Å². The SMILES string of the molecule is CCCCCCCCCCCCCCCCCCCc1ccc2c(c1)CC=C2. The molecule has 0 N–H and O–H groups in total. The predicted octanol–water partition coefficient (Wildman–Crippen LogP) is 9.45. The van der Waals surface area contributed by atoms with E-state index < -0.39 is 0 Å². The third-order valence-electron chi connectivity index (χ3n) is 6.41. The molecule has 1 aromatic rings. The van der Waals surface area contributed by atoms with Gasteiger partial charge in [-0.3, -0.25) is 0 Å². The van der Waals surface area contributed by atoms with Gasteiger partial charge in [-0.2, -0.15) is 0 Å². The molecule has 158 valence electrons. The van der Waals surface area contributed by atoms with Gasteiger partial charge in [0.25, 0.3) is 0 Å². The predicted molar refractivity (Wildman–Crippen MR) is 127 cm³/mol. The molecule has 1 aliphatic rings. The maximum absolute atomic E-state index is 2.43. The molecule has 0 saturated heterocycles. The molecule has 1 aromatic carbocycles. The molecule has 0 nitrogen and oxygen atoms in total. The van der Waals surface area contributed by atoms with Crippen molar-refractivity contribution in [3.05, 3.63) is 41.0 Å². The first-order valence-electron chi connectivity index (χ1n) is 12.7. The lowest BCUT2D eigenvalue weighted by Gasteiger charge is -2.06. The van der Waals surface area contributed by atoms with Crippen molar-refractivity contribution in [3.63, 3.8) is 0 Å². The zero-order chi connectivity index (χ0) is 19.7. The molecule has 1 aliphatic carbocycles. The van der Waals surface area contributed by atoms with E-state index in [0.29, 0.717) is 0 Å². The summed E-state index contributed by atoms with van der Waals surface area (Å²) in [6.07, 6.45) is 31.6. The monoisotopic (exact) mass is 382 g/mol. The lowest BCUT2D eigenvalue weighted by Crippen LogP contribution is -1.90. The quantitative estimate of drug-likeness (QED) is 0.222. The normalized spacial score (nSPS) is 12.6. The van der Waals surface area contributed by atoms with Crippen molar-refractivity contribution in [1.29, 1.82) is 0 Å². The van der Waals surface area contributed by atoms with Gasteiger partial charge in [0, 0.05) is 0 Å². The fourth-order valence-corrected chi connectivity index (χ4v) is 4.52. The fourth-order valence-electron chi connectivity index (χ4n) is 4.52. The maximum atomic E-state index is 2.43. The highest BCUT2D eigenvalue weighted by Gasteiger charge is 2.05. The van der Waals surface area contributed by atoms with Crippen molar-refractivity contribution >= 4 is 6.08 Å². The number of hydrogen-bond donors (Lipinski definition) is 0. The minimum atomic E-state index is 1.14. The van der Waals surface area contributed by atoms with E-state index in [2.05, 4.69) is 37.3 Å². The van der Waals surface area contributed by atoms with Gasteiger partial charge in [0.2, 0.25) is 0 Å². The summed E-state index contributed by atoms with van der Waals surface area (Å²) in [7, 11) is 0. The van der Waals surface area contributed by atoms with Crippen LogP contribution in [0.15, 0.2) is 24.3 Å². The highest BCUT2D eigenvalue weighted by atomic mass is 14.1. The van der Waals surface area contributed by atoms with Crippen molar-refractivity contribution < 1.29 is 0 Å². The molecule has 0 radical (unpaired) electrons. The first-order valence-corrected chi connectivity index (χ1v) is 12.7. The Kier molecular flexibility index (Phi) is 13.1. The highest BCUT2D eigenvalue weighted by molar-refractivity contribution is 5.60. The average molecular weight is 383 g/mol. The summed E-state index contributed by atoms with van der Waals surface area (Å²) in [4.78, 5) is 0. The van der Waals surface area contributed by atoms with Crippen molar-refractivity contribution in [2.75, 3.05) is 0 Å². The number of allylic oxidation sites excluding steroid dienone is 1. The molecule has 0 fully saturated rings. The van der Waals surface area contributed by atoms with E-state index in [1.54, 1.807) is 5.56 Å². The summed E-state index contributed by atoms with van der Waals surface area (Å²) in [5.41, 5.74) is 4.51. The minimum Gasteiger partial charge on any atom is -0.0795 e.